The van der Waals surface area contributed by atoms with E-state index in [1.807, 2.05) is 32.9 Å². The Bertz CT molecular complexity index is 1240. The molecule has 3 aromatic rings. The van der Waals surface area contributed by atoms with Crippen molar-refractivity contribution in [2.45, 2.75) is 27.7 Å². The summed E-state index contributed by atoms with van der Waals surface area (Å²) in [6, 6.07) is 11.3. The molecule has 33 heavy (non-hydrogen) atoms. The lowest BCUT2D eigenvalue weighted by Gasteiger charge is -2.18. The summed E-state index contributed by atoms with van der Waals surface area (Å²) in [6.45, 7) is 7.43. The first-order valence-electron chi connectivity index (χ1n) is 10.1. The minimum absolute atomic E-state index is 0.203. The number of rotatable bonds is 5. The Morgan fingerprint density at radius 1 is 0.879 bits per heavy atom. The molecule has 0 aliphatic carbocycles. The van der Waals surface area contributed by atoms with E-state index in [0.717, 1.165) is 16.9 Å². The Morgan fingerprint density at radius 2 is 1.52 bits per heavy atom. The van der Waals surface area contributed by atoms with Crippen molar-refractivity contribution in [2.24, 2.45) is 0 Å². The van der Waals surface area contributed by atoms with Crippen molar-refractivity contribution in [2.75, 3.05) is 12.4 Å². The minimum atomic E-state index is -0.700. The topological polar surface area (TPSA) is 76.7 Å². The van der Waals surface area contributed by atoms with Crippen LogP contribution in [-0.2, 0) is 0 Å². The minimum Gasteiger partial charge on any atom is -0.496 e. The van der Waals surface area contributed by atoms with Gasteiger partial charge in [-0.2, -0.15) is 0 Å². The van der Waals surface area contributed by atoms with Gasteiger partial charge in [0.15, 0.2) is 0 Å². The maximum absolute atomic E-state index is 12.4. The second-order valence-electron chi connectivity index (χ2n) is 7.59. The van der Waals surface area contributed by atoms with Crippen LogP contribution >= 0.6 is 23.2 Å². The van der Waals surface area contributed by atoms with Crippen LogP contribution in [0.5, 0.6) is 17.2 Å². The highest BCUT2D eigenvalue weighted by Crippen LogP contribution is 2.40. The molecule has 0 atom stereocenters. The molecule has 0 aliphatic heterocycles. The first kappa shape index (κ1) is 24.4. The summed E-state index contributed by atoms with van der Waals surface area (Å²) in [6.07, 6.45) is 0. The van der Waals surface area contributed by atoms with Gasteiger partial charge >= 0.3 is 6.03 Å². The van der Waals surface area contributed by atoms with Gasteiger partial charge in [0.25, 0.3) is 5.91 Å². The Labute approximate surface area is 202 Å². The van der Waals surface area contributed by atoms with Gasteiger partial charge in [0.1, 0.15) is 17.2 Å². The smallest absolute Gasteiger partial charge is 0.326 e. The lowest BCUT2D eigenvalue weighted by molar-refractivity contribution is 0.0967. The van der Waals surface area contributed by atoms with Crippen molar-refractivity contribution in [1.82, 2.24) is 5.32 Å². The van der Waals surface area contributed by atoms with Gasteiger partial charge in [0.2, 0.25) is 0 Å². The van der Waals surface area contributed by atoms with Crippen molar-refractivity contribution in [3.05, 3.63) is 80.3 Å². The zero-order valence-electron chi connectivity index (χ0n) is 18.9. The number of ether oxygens (including phenoxy) is 2. The number of urea groups is 1. The number of hydrogen-bond acceptors (Lipinski definition) is 4. The number of halogens is 2. The predicted molar refractivity (Wildman–Crippen MR) is 131 cm³/mol. The van der Waals surface area contributed by atoms with E-state index in [-0.39, 0.29) is 10.6 Å². The number of methoxy groups -OCH3 is 1. The second-order valence-corrected chi connectivity index (χ2v) is 8.37. The normalized spacial score (nSPS) is 10.5. The summed E-state index contributed by atoms with van der Waals surface area (Å²) in [7, 11) is 1.62. The lowest BCUT2D eigenvalue weighted by atomic mass is 10.1. The molecule has 3 aromatic carbocycles. The fraction of sp³-hybridized carbons (Fsp3) is 0.200. The number of hydrogen-bond donors (Lipinski definition) is 2. The molecule has 172 valence electrons. The van der Waals surface area contributed by atoms with Crippen LogP contribution in [0, 0.1) is 27.7 Å². The number of anilines is 1. The van der Waals surface area contributed by atoms with Crippen LogP contribution in [0.25, 0.3) is 0 Å². The zero-order valence-corrected chi connectivity index (χ0v) is 20.4. The summed E-state index contributed by atoms with van der Waals surface area (Å²) in [5.41, 5.74) is 3.80. The number of carbonyl (C=O) groups is 2. The van der Waals surface area contributed by atoms with E-state index < -0.39 is 11.9 Å². The van der Waals surface area contributed by atoms with Crippen molar-refractivity contribution in [1.29, 1.82) is 0 Å². The van der Waals surface area contributed by atoms with Crippen molar-refractivity contribution in [3.8, 4) is 17.2 Å². The summed E-state index contributed by atoms with van der Waals surface area (Å²) in [4.78, 5) is 24.8. The number of amides is 3. The van der Waals surface area contributed by atoms with Gasteiger partial charge in [-0.25, -0.2) is 4.79 Å². The quantitative estimate of drug-likeness (QED) is 0.407. The fourth-order valence-corrected chi connectivity index (χ4v) is 3.79. The molecular weight excluding hydrogens is 463 g/mol. The maximum Gasteiger partial charge on any atom is 0.326 e. The standard InChI is InChI=1S/C25H24Cl2N2O4/c1-13-12-21(14(2)11-20(13)32-5)33-23-15(3)10-19(16(4)22(23)27)28-25(31)29-24(30)17-8-6-7-9-18(17)26/h6-12H,1-5H3,(H2,28,29,30,31). The molecule has 3 rings (SSSR count). The van der Waals surface area contributed by atoms with Crippen molar-refractivity contribution in [3.63, 3.8) is 0 Å². The average molecular weight is 487 g/mol. The summed E-state index contributed by atoms with van der Waals surface area (Å²) in [5, 5.41) is 5.55. The van der Waals surface area contributed by atoms with E-state index in [1.54, 1.807) is 38.3 Å². The number of aryl methyl sites for hydroxylation is 3. The van der Waals surface area contributed by atoms with Crippen LogP contribution in [0.2, 0.25) is 10.0 Å². The molecule has 0 fully saturated rings. The molecule has 0 spiro atoms. The van der Waals surface area contributed by atoms with Gasteiger partial charge in [0, 0.05) is 5.69 Å². The first-order valence-corrected chi connectivity index (χ1v) is 10.9. The number of benzene rings is 3. The van der Waals surface area contributed by atoms with E-state index in [0.29, 0.717) is 33.3 Å². The molecule has 3 amide bonds. The van der Waals surface area contributed by atoms with E-state index in [4.69, 9.17) is 32.7 Å². The molecule has 0 aromatic heterocycles. The zero-order chi connectivity index (χ0) is 24.3. The predicted octanol–water partition coefficient (Wildman–Crippen LogP) is 6.99. The van der Waals surface area contributed by atoms with E-state index in [2.05, 4.69) is 10.6 Å². The molecule has 0 bridgehead atoms. The summed E-state index contributed by atoms with van der Waals surface area (Å²) >= 11 is 12.6. The molecule has 0 saturated heterocycles. The van der Waals surface area contributed by atoms with Crippen LogP contribution in [0.3, 0.4) is 0 Å². The molecule has 2 N–H and O–H groups in total. The SMILES string of the molecule is COc1cc(C)c(Oc2c(C)cc(NC(=O)NC(=O)c3ccccc3Cl)c(C)c2Cl)cc1C. The lowest BCUT2D eigenvalue weighted by Crippen LogP contribution is -2.34. The first-order chi connectivity index (χ1) is 15.6. The molecule has 6 nitrogen and oxygen atoms in total. The third kappa shape index (κ3) is 5.41. The van der Waals surface area contributed by atoms with Crippen LogP contribution in [-0.4, -0.2) is 19.0 Å². The summed E-state index contributed by atoms with van der Waals surface area (Å²) < 4.78 is 11.5. The monoisotopic (exact) mass is 486 g/mol. The Kier molecular flexibility index (Phi) is 7.51. The Balaban J connectivity index is 1.81. The highest BCUT2D eigenvalue weighted by Gasteiger charge is 2.19. The molecule has 0 heterocycles. The number of carbonyl (C=O) groups excluding carboxylic acids is 2. The second kappa shape index (κ2) is 10.1. The van der Waals surface area contributed by atoms with Gasteiger partial charge in [0.05, 0.1) is 22.7 Å². The fourth-order valence-electron chi connectivity index (χ4n) is 3.28. The van der Waals surface area contributed by atoms with Gasteiger partial charge in [-0.15, -0.1) is 0 Å². The Morgan fingerprint density at radius 3 is 2.18 bits per heavy atom. The van der Waals surface area contributed by atoms with Crippen molar-refractivity contribution >= 4 is 40.8 Å². The van der Waals surface area contributed by atoms with Crippen LogP contribution < -0.4 is 20.1 Å². The van der Waals surface area contributed by atoms with Gasteiger partial charge < -0.3 is 14.8 Å². The van der Waals surface area contributed by atoms with Gasteiger partial charge in [-0.3, -0.25) is 10.1 Å². The molecular formula is C25H24Cl2N2O4. The largest absolute Gasteiger partial charge is 0.496 e. The molecule has 0 saturated carbocycles. The van der Waals surface area contributed by atoms with E-state index >= 15 is 0 Å². The molecule has 0 aliphatic rings. The molecule has 8 heteroatoms. The maximum atomic E-state index is 12.4. The number of nitrogens with one attached hydrogen (secondary N) is 2. The number of imide groups is 1. The van der Waals surface area contributed by atoms with Crippen LogP contribution in [0.4, 0.5) is 10.5 Å². The third-order valence-electron chi connectivity index (χ3n) is 5.15. The van der Waals surface area contributed by atoms with E-state index in [9.17, 15) is 9.59 Å². The van der Waals surface area contributed by atoms with Gasteiger partial charge in [-0.1, -0.05) is 35.3 Å². The molecule has 0 unspecified atom stereocenters. The van der Waals surface area contributed by atoms with Crippen LogP contribution in [0.15, 0.2) is 42.5 Å². The van der Waals surface area contributed by atoms with E-state index in [1.165, 1.54) is 6.07 Å². The van der Waals surface area contributed by atoms with Crippen LogP contribution in [0.1, 0.15) is 32.6 Å². The third-order valence-corrected chi connectivity index (χ3v) is 5.93. The highest BCUT2D eigenvalue weighted by molar-refractivity contribution is 6.34. The summed E-state index contributed by atoms with van der Waals surface area (Å²) in [5.74, 6) is 1.31. The Hall–Kier alpha value is -3.22. The van der Waals surface area contributed by atoms with Gasteiger partial charge in [-0.05, 0) is 80.3 Å². The molecule has 0 radical (unpaired) electrons. The highest BCUT2D eigenvalue weighted by atomic mass is 35.5. The average Bonchev–Trinajstić information content (AvgIpc) is 2.77. The van der Waals surface area contributed by atoms with Crippen molar-refractivity contribution < 1.29 is 19.1 Å².